The van der Waals surface area contributed by atoms with Crippen LogP contribution in [0.5, 0.6) is 0 Å². The molecule has 1 aromatic rings. The lowest BCUT2D eigenvalue weighted by Gasteiger charge is -2.14. The Kier molecular flexibility index (Phi) is 3.67. The summed E-state index contributed by atoms with van der Waals surface area (Å²) < 4.78 is 0. The number of thioether (sulfide) groups is 1. The molecule has 0 aliphatic heterocycles. The van der Waals surface area contributed by atoms with E-state index in [1.807, 2.05) is 11.8 Å². The van der Waals surface area contributed by atoms with Gasteiger partial charge < -0.3 is 0 Å². The van der Waals surface area contributed by atoms with E-state index in [1.54, 1.807) is 0 Å². The first kappa shape index (κ1) is 11.0. The van der Waals surface area contributed by atoms with Gasteiger partial charge in [0.2, 0.25) is 0 Å². The Balaban J connectivity index is 1.83. The molecule has 0 bridgehead atoms. The van der Waals surface area contributed by atoms with Crippen molar-refractivity contribution in [3.8, 4) is 0 Å². The average Bonchev–Trinajstić information content (AvgIpc) is 3.06. The first-order valence-electron chi connectivity index (χ1n) is 5.45. The first-order valence-corrected chi connectivity index (χ1v) is 6.44. The summed E-state index contributed by atoms with van der Waals surface area (Å²) in [6.45, 7) is 2.11. The van der Waals surface area contributed by atoms with Gasteiger partial charge in [0.25, 0.3) is 0 Å². The van der Waals surface area contributed by atoms with Crippen LogP contribution in [-0.4, -0.2) is 11.8 Å². The van der Waals surface area contributed by atoms with Gasteiger partial charge in [-0.2, -0.15) is 0 Å². The van der Waals surface area contributed by atoms with Crippen molar-refractivity contribution >= 4 is 11.8 Å². The van der Waals surface area contributed by atoms with Crippen LogP contribution in [-0.2, 0) is 0 Å². The maximum absolute atomic E-state index is 5.54. The highest BCUT2D eigenvalue weighted by Crippen LogP contribution is 2.34. The molecule has 1 saturated carbocycles. The van der Waals surface area contributed by atoms with E-state index in [4.69, 9.17) is 5.84 Å². The Bertz CT molecular complexity index is 306. The summed E-state index contributed by atoms with van der Waals surface area (Å²) in [5, 5.41) is 0. The lowest BCUT2D eigenvalue weighted by molar-refractivity contribution is 0.520. The van der Waals surface area contributed by atoms with Gasteiger partial charge in [-0.05, 0) is 37.8 Å². The van der Waals surface area contributed by atoms with E-state index >= 15 is 0 Å². The number of benzene rings is 1. The van der Waals surface area contributed by atoms with Crippen molar-refractivity contribution in [3.63, 3.8) is 0 Å². The molecule has 1 aliphatic carbocycles. The standard InChI is InChI=1S/C12H18N2S/c1-9-2-6-11(7-3-9)15-8-12(14-13)10-4-5-10/h2-3,6-7,10,12,14H,4-5,8,13H2,1H3. The molecule has 0 amide bonds. The van der Waals surface area contributed by atoms with Crippen LogP contribution in [0.15, 0.2) is 29.2 Å². The number of hydrazine groups is 1. The summed E-state index contributed by atoms with van der Waals surface area (Å²) in [4.78, 5) is 1.33. The summed E-state index contributed by atoms with van der Waals surface area (Å²) in [6, 6.07) is 9.16. The van der Waals surface area contributed by atoms with Crippen molar-refractivity contribution in [1.29, 1.82) is 0 Å². The summed E-state index contributed by atoms with van der Waals surface area (Å²) in [5.74, 6) is 7.43. The Morgan fingerprint density at radius 1 is 1.40 bits per heavy atom. The second-order valence-electron chi connectivity index (χ2n) is 4.23. The van der Waals surface area contributed by atoms with Crippen LogP contribution in [0.3, 0.4) is 0 Å². The van der Waals surface area contributed by atoms with Crippen molar-refractivity contribution in [3.05, 3.63) is 29.8 Å². The molecule has 15 heavy (non-hydrogen) atoms. The molecule has 1 unspecified atom stereocenters. The quantitative estimate of drug-likeness (QED) is 0.456. The molecule has 1 aromatic carbocycles. The molecule has 0 aromatic heterocycles. The van der Waals surface area contributed by atoms with Crippen LogP contribution < -0.4 is 11.3 Å². The smallest absolute Gasteiger partial charge is 0.0332 e. The normalized spacial score (nSPS) is 17.7. The molecule has 3 N–H and O–H groups in total. The molecular weight excluding hydrogens is 204 g/mol. The van der Waals surface area contributed by atoms with E-state index in [1.165, 1.54) is 23.3 Å². The summed E-state index contributed by atoms with van der Waals surface area (Å²) in [6.07, 6.45) is 2.67. The molecular formula is C12H18N2S. The molecule has 2 nitrogen and oxygen atoms in total. The largest absolute Gasteiger partial charge is 0.271 e. The predicted octanol–water partition coefficient (Wildman–Crippen LogP) is 2.33. The number of nitrogens with two attached hydrogens (primary N) is 1. The summed E-state index contributed by atoms with van der Waals surface area (Å²) in [7, 11) is 0. The maximum atomic E-state index is 5.54. The molecule has 3 heteroatoms. The third-order valence-electron chi connectivity index (χ3n) is 2.86. The van der Waals surface area contributed by atoms with Gasteiger partial charge in [-0.25, -0.2) is 0 Å². The fourth-order valence-corrected chi connectivity index (χ4v) is 2.71. The van der Waals surface area contributed by atoms with Crippen LogP contribution >= 0.6 is 11.8 Å². The zero-order chi connectivity index (χ0) is 10.7. The van der Waals surface area contributed by atoms with Gasteiger partial charge in [-0.15, -0.1) is 11.8 Å². The van der Waals surface area contributed by atoms with E-state index in [0.29, 0.717) is 6.04 Å². The minimum atomic E-state index is 0.483. The molecule has 0 saturated heterocycles. The van der Waals surface area contributed by atoms with Gasteiger partial charge >= 0.3 is 0 Å². The molecule has 1 atom stereocenters. The predicted molar refractivity (Wildman–Crippen MR) is 65.7 cm³/mol. The minimum absolute atomic E-state index is 0.483. The number of hydrogen-bond donors (Lipinski definition) is 2. The number of aryl methyl sites for hydroxylation is 1. The van der Waals surface area contributed by atoms with E-state index in [-0.39, 0.29) is 0 Å². The topological polar surface area (TPSA) is 38.0 Å². The fraction of sp³-hybridized carbons (Fsp3) is 0.500. The van der Waals surface area contributed by atoms with Crippen LogP contribution in [0.1, 0.15) is 18.4 Å². The van der Waals surface area contributed by atoms with Gasteiger partial charge in [0.15, 0.2) is 0 Å². The van der Waals surface area contributed by atoms with Crippen LogP contribution in [0.25, 0.3) is 0 Å². The second kappa shape index (κ2) is 5.01. The maximum Gasteiger partial charge on any atom is 0.0332 e. The minimum Gasteiger partial charge on any atom is -0.271 e. The Labute approximate surface area is 95.6 Å². The van der Waals surface area contributed by atoms with Crippen molar-refractivity contribution in [2.75, 3.05) is 5.75 Å². The fourth-order valence-electron chi connectivity index (χ4n) is 1.64. The van der Waals surface area contributed by atoms with Crippen molar-refractivity contribution in [1.82, 2.24) is 5.43 Å². The molecule has 82 valence electrons. The van der Waals surface area contributed by atoms with Crippen molar-refractivity contribution in [2.24, 2.45) is 11.8 Å². The zero-order valence-electron chi connectivity index (χ0n) is 9.07. The Hall–Kier alpha value is -0.510. The van der Waals surface area contributed by atoms with Gasteiger partial charge in [-0.3, -0.25) is 11.3 Å². The number of hydrogen-bond acceptors (Lipinski definition) is 3. The van der Waals surface area contributed by atoms with Crippen LogP contribution in [0, 0.1) is 12.8 Å². The van der Waals surface area contributed by atoms with Crippen molar-refractivity contribution in [2.45, 2.75) is 30.7 Å². The molecule has 1 aliphatic rings. The second-order valence-corrected chi connectivity index (χ2v) is 5.33. The zero-order valence-corrected chi connectivity index (χ0v) is 9.89. The van der Waals surface area contributed by atoms with E-state index < -0.39 is 0 Å². The SMILES string of the molecule is Cc1ccc(SCC(NN)C2CC2)cc1. The van der Waals surface area contributed by atoms with Gasteiger partial charge in [-0.1, -0.05) is 17.7 Å². The highest BCUT2D eigenvalue weighted by molar-refractivity contribution is 7.99. The first-order chi connectivity index (χ1) is 7.29. The Morgan fingerprint density at radius 3 is 2.60 bits per heavy atom. The van der Waals surface area contributed by atoms with E-state index in [9.17, 15) is 0 Å². The molecule has 0 heterocycles. The van der Waals surface area contributed by atoms with Crippen LogP contribution in [0.4, 0.5) is 0 Å². The third kappa shape index (κ3) is 3.23. The highest BCUT2D eigenvalue weighted by Gasteiger charge is 2.30. The monoisotopic (exact) mass is 222 g/mol. The molecule has 0 radical (unpaired) electrons. The highest BCUT2D eigenvalue weighted by atomic mass is 32.2. The number of nitrogens with one attached hydrogen (secondary N) is 1. The lowest BCUT2D eigenvalue weighted by atomic mass is 10.2. The third-order valence-corrected chi connectivity index (χ3v) is 3.99. The van der Waals surface area contributed by atoms with Gasteiger partial charge in [0.05, 0.1) is 0 Å². The van der Waals surface area contributed by atoms with E-state index in [0.717, 1.165) is 11.7 Å². The van der Waals surface area contributed by atoms with Crippen LogP contribution in [0.2, 0.25) is 0 Å². The number of rotatable bonds is 5. The summed E-state index contributed by atoms with van der Waals surface area (Å²) in [5.41, 5.74) is 4.24. The molecule has 1 fully saturated rings. The molecule has 2 rings (SSSR count). The van der Waals surface area contributed by atoms with E-state index in [2.05, 4.69) is 36.6 Å². The van der Waals surface area contributed by atoms with Crippen molar-refractivity contribution < 1.29 is 0 Å². The lowest BCUT2D eigenvalue weighted by Crippen LogP contribution is -2.38. The van der Waals surface area contributed by atoms with Gasteiger partial charge in [0.1, 0.15) is 0 Å². The average molecular weight is 222 g/mol. The van der Waals surface area contributed by atoms with Gasteiger partial charge in [0, 0.05) is 16.7 Å². The Morgan fingerprint density at radius 2 is 2.07 bits per heavy atom. The summed E-state index contributed by atoms with van der Waals surface area (Å²) >= 11 is 1.89. The molecule has 0 spiro atoms.